The molecule has 0 saturated carbocycles. The Bertz CT molecular complexity index is 434. The van der Waals surface area contributed by atoms with Crippen LogP contribution >= 0.6 is 15.9 Å². The summed E-state index contributed by atoms with van der Waals surface area (Å²) in [4.78, 5) is 8.14. The van der Waals surface area contributed by atoms with Crippen molar-refractivity contribution in [1.82, 2.24) is 14.4 Å². The molecule has 0 aromatic carbocycles. The van der Waals surface area contributed by atoms with E-state index in [-0.39, 0.29) is 0 Å². The van der Waals surface area contributed by atoms with Crippen LogP contribution < -0.4 is 5.73 Å². The molecule has 62 valence electrons. The van der Waals surface area contributed by atoms with E-state index < -0.39 is 0 Å². The maximum absolute atomic E-state index is 5.58. The van der Waals surface area contributed by atoms with Gasteiger partial charge in [-0.1, -0.05) is 0 Å². The van der Waals surface area contributed by atoms with Crippen molar-refractivity contribution in [2.75, 3.05) is 5.73 Å². The van der Waals surface area contributed by atoms with Gasteiger partial charge >= 0.3 is 0 Å². The Kier molecular flexibility index (Phi) is 1.54. The maximum atomic E-state index is 5.58. The molecule has 4 nitrogen and oxygen atoms in total. The van der Waals surface area contributed by atoms with E-state index in [0.29, 0.717) is 11.6 Å². The highest BCUT2D eigenvalue weighted by Crippen LogP contribution is 2.19. The van der Waals surface area contributed by atoms with Crippen molar-refractivity contribution in [2.45, 2.75) is 6.92 Å². The van der Waals surface area contributed by atoms with Crippen molar-refractivity contribution >= 4 is 27.5 Å². The van der Waals surface area contributed by atoms with E-state index in [2.05, 4.69) is 25.9 Å². The number of fused-ring (bicyclic) bond motifs is 1. The minimum absolute atomic E-state index is 0.466. The number of nitrogens with zero attached hydrogens (tertiary/aromatic N) is 3. The van der Waals surface area contributed by atoms with Crippen LogP contribution in [0.15, 0.2) is 17.0 Å². The number of nitrogen functional groups attached to an aromatic ring is 1. The van der Waals surface area contributed by atoms with Gasteiger partial charge in [0.2, 0.25) is 5.78 Å². The molecule has 0 atom stereocenters. The number of anilines is 1. The molecule has 2 aromatic heterocycles. The average molecular weight is 227 g/mol. The largest absolute Gasteiger partial charge is 0.381 e. The standard InChI is InChI=1S/C7H7BrN4/c1-4-2-10-7-11-6(9)5(8)12(7)3-4/h2-3H,9H2,1H3. The third kappa shape index (κ3) is 0.972. The van der Waals surface area contributed by atoms with Crippen molar-refractivity contribution in [1.29, 1.82) is 0 Å². The Labute approximate surface area is 77.6 Å². The molecule has 5 heteroatoms. The van der Waals surface area contributed by atoms with Crippen molar-refractivity contribution < 1.29 is 0 Å². The molecule has 0 spiro atoms. The minimum atomic E-state index is 0.466. The van der Waals surface area contributed by atoms with Gasteiger partial charge in [0.1, 0.15) is 4.60 Å². The molecule has 2 rings (SSSR count). The van der Waals surface area contributed by atoms with Crippen LogP contribution in [0, 0.1) is 6.92 Å². The van der Waals surface area contributed by atoms with Crippen LogP contribution in [-0.2, 0) is 0 Å². The van der Waals surface area contributed by atoms with Gasteiger partial charge in [-0.15, -0.1) is 0 Å². The average Bonchev–Trinajstić information content (AvgIpc) is 2.31. The zero-order chi connectivity index (χ0) is 8.72. The molecular formula is C7H7BrN4. The summed E-state index contributed by atoms with van der Waals surface area (Å²) in [6.45, 7) is 1.97. The number of imidazole rings is 1. The summed E-state index contributed by atoms with van der Waals surface area (Å²) in [5, 5.41) is 0. The predicted octanol–water partition coefficient (Wildman–Crippen LogP) is 1.38. The first kappa shape index (κ1) is 7.54. The topological polar surface area (TPSA) is 56.2 Å². The Hall–Kier alpha value is -1.10. The predicted molar refractivity (Wildman–Crippen MR) is 49.8 cm³/mol. The van der Waals surface area contributed by atoms with Gasteiger partial charge in [0.05, 0.1) is 0 Å². The van der Waals surface area contributed by atoms with Crippen LogP contribution in [0.3, 0.4) is 0 Å². The molecule has 2 N–H and O–H groups in total. The van der Waals surface area contributed by atoms with Gasteiger partial charge in [-0.25, -0.2) is 4.98 Å². The van der Waals surface area contributed by atoms with Crippen molar-refractivity contribution in [3.05, 3.63) is 22.6 Å². The highest BCUT2D eigenvalue weighted by molar-refractivity contribution is 9.10. The van der Waals surface area contributed by atoms with Crippen LogP contribution in [0.4, 0.5) is 5.82 Å². The molecule has 0 aliphatic carbocycles. The van der Waals surface area contributed by atoms with Crippen LogP contribution in [0.5, 0.6) is 0 Å². The van der Waals surface area contributed by atoms with Gasteiger partial charge in [0, 0.05) is 12.4 Å². The Balaban J connectivity index is 2.88. The first-order chi connectivity index (χ1) is 5.68. The van der Waals surface area contributed by atoms with Gasteiger partial charge in [-0.05, 0) is 28.4 Å². The molecule has 0 amide bonds. The SMILES string of the molecule is Cc1cnc2nc(N)c(Br)n2c1. The lowest BCUT2D eigenvalue weighted by atomic mass is 10.4. The normalized spacial score (nSPS) is 10.8. The summed E-state index contributed by atoms with van der Waals surface area (Å²) in [5.74, 6) is 1.08. The number of hydrogen-bond donors (Lipinski definition) is 1. The number of aryl methyl sites for hydroxylation is 1. The van der Waals surface area contributed by atoms with E-state index in [4.69, 9.17) is 5.73 Å². The van der Waals surface area contributed by atoms with Gasteiger partial charge in [0.15, 0.2) is 5.82 Å². The summed E-state index contributed by atoms with van der Waals surface area (Å²) < 4.78 is 2.57. The van der Waals surface area contributed by atoms with E-state index in [1.54, 1.807) is 6.20 Å². The molecule has 12 heavy (non-hydrogen) atoms. The summed E-state index contributed by atoms with van der Waals surface area (Å²) >= 11 is 3.32. The van der Waals surface area contributed by atoms with Crippen LogP contribution in [0.1, 0.15) is 5.56 Å². The number of nitrogens with two attached hydrogens (primary N) is 1. The number of rotatable bonds is 0. The lowest BCUT2D eigenvalue weighted by Crippen LogP contribution is -1.89. The highest BCUT2D eigenvalue weighted by atomic mass is 79.9. The fourth-order valence-corrected chi connectivity index (χ4v) is 1.37. The lowest BCUT2D eigenvalue weighted by molar-refractivity contribution is 1.06. The highest BCUT2D eigenvalue weighted by Gasteiger charge is 2.06. The van der Waals surface area contributed by atoms with Crippen molar-refractivity contribution in [3.63, 3.8) is 0 Å². The first-order valence-electron chi connectivity index (χ1n) is 3.44. The lowest BCUT2D eigenvalue weighted by Gasteiger charge is -1.94. The molecule has 0 aliphatic rings. The zero-order valence-corrected chi connectivity index (χ0v) is 8.04. The monoisotopic (exact) mass is 226 g/mol. The molecule has 0 radical (unpaired) electrons. The van der Waals surface area contributed by atoms with E-state index in [9.17, 15) is 0 Å². The number of aromatic nitrogens is 3. The third-order valence-electron chi connectivity index (χ3n) is 1.58. The van der Waals surface area contributed by atoms with E-state index in [1.807, 2.05) is 17.5 Å². The van der Waals surface area contributed by atoms with Gasteiger partial charge < -0.3 is 5.73 Å². The first-order valence-corrected chi connectivity index (χ1v) is 4.23. The molecule has 2 aromatic rings. The van der Waals surface area contributed by atoms with Crippen LogP contribution in [0.25, 0.3) is 5.78 Å². The summed E-state index contributed by atoms with van der Waals surface area (Å²) in [6.07, 6.45) is 3.68. The maximum Gasteiger partial charge on any atom is 0.236 e. The second kappa shape index (κ2) is 2.45. The minimum Gasteiger partial charge on any atom is -0.381 e. The smallest absolute Gasteiger partial charge is 0.236 e. The van der Waals surface area contributed by atoms with E-state index in [1.165, 1.54) is 0 Å². The molecule has 2 heterocycles. The Morgan fingerprint density at radius 1 is 1.58 bits per heavy atom. The second-order valence-electron chi connectivity index (χ2n) is 2.59. The van der Waals surface area contributed by atoms with Gasteiger partial charge in [-0.2, -0.15) is 4.98 Å². The van der Waals surface area contributed by atoms with Gasteiger partial charge in [0.25, 0.3) is 0 Å². The zero-order valence-electron chi connectivity index (χ0n) is 6.45. The van der Waals surface area contributed by atoms with Gasteiger partial charge in [-0.3, -0.25) is 4.40 Å². The molecule has 0 fully saturated rings. The number of halogens is 1. The van der Waals surface area contributed by atoms with E-state index in [0.717, 1.165) is 10.2 Å². The number of hydrogen-bond acceptors (Lipinski definition) is 3. The summed E-state index contributed by atoms with van der Waals surface area (Å²) in [6, 6.07) is 0. The van der Waals surface area contributed by atoms with E-state index >= 15 is 0 Å². The fraction of sp³-hybridized carbons (Fsp3) is 0.143. The molecule has 0 saturated heterocycles. The van der Waals surface area contributed by atoms with Crippen LogP contribution in [0.2, 0.25) is 0 Å². The summed E-state index contributed by atoms with van der Waals surface area (Å²) in [7, 11) is 0. The molecule has 0 bridgehead atoms. The van der Waals surface area contributed by atoms with Crippen molar-refractivity contribution in [2.24, 2.45) is 0 Å². The van der Waals surface area contributed by atoms with Crippen molar-refractivity contribution in [3.8, 4) is 0 Å². The van der Waals surface area contributed by atoms with Crippen LogP contribution in [-0.4, -0.2) is 14.4 Å². The summed E-state index contributed by atoms with van der Waals surface area (Å²) in [5.41, 5.74) is 6.65. The Morgan fingerprint density at radius 2 is 2.33 bits per heavy atom. The quantitative estimate of drug-likeness (QED) is 0.739. The second-order valence-corrected chi connectivity index (χ2v) is 3.34. The fourth-order valence-electron chi connectivity index (χ4n) is 1.02. The molecule has 0 unspecified atom stereocenters. The molecule has 0 aliphatic heterocycles. The molecular weight excluding hydrogens is 220 g/mol. The Morgan fingerprint density at radius 3 is 3.08 bits per heavy atom. The third-order valence-corrected chi connectivity index (χ3v) is 2.36.